The summed E-state index contributed by atoms with van der Waals surface area (Å²) in [7, 11) is 0. The van der Waals surface area contributed by atoms with E-state index in [1.54, 1.807) is 16.7 Å². The highest BCUT2D eigenvalue weighted by molar-refractivity contribution is 5.87. The van der Waals surface area contributed by atoms with Crippen LogP contribution in [-0.4, -0.2) is 38.4 Å². The summed E-state index contributed by atoms with van der Waals surface area (Å²) in [4.78, 5) is 12.0. The maximum atomic E-state index is 12.0. The Kier molecular flexibility index (Phi) is 4.65. The van der Waals surface area contributed by atoms with Gasteiger partial charge in [-0.3, -0.25) is 9.72 Å². The topological polar surface area (TPSA) is 91.5 Å². The minimum absolute atomic E-state index is 0.125. The number of fused-ring (bicyclic) bond motifs is 1. The third-order valence-electron chi connectivity index (χ3n) is 3.68. The van der Waals surface area contributed by atoms with Gasteiger partial charge in [0.1, 0.15) is 0 Å². The van der Waals surface area contributed by atoms with E-state index in [4.69, 9.17) is 0 Å². The zero-order chi connectivity index (χ0) is 16.3. The SMILES string of the molecule is CC(C)C(O)C(C)(C)CNC(=O)Nc1nnc2ccccn12. The van der Waals surface area contributed by atoms with Gasteiger partial charge in [-0.1, -0.05) is 33.8 Å². The number of urea groups is 1. The summed E-state index contributed by atoms with van der Waals surface area (Å²) in [6, 6.07) is 5.12. The molecule has 0 aliphatic rings. The molecule has 7 heteroatoms. The Morgan fingerprint density at radius 1 is 1.36 bits per heavy atom. The fourth-order valence-corrected chi connectivity index (χ4v) is 2.39. The third-order valence-corrected chi connectivity index (χ3v) is 3.68. The summed E-state index contributed by atoms with van der Waals surface area (Å²) in [6.07, 6.45) is 1.28. The molecule has 1 atom stereocenters. The molecule has 2 aromatic rings. The molecule has 2 heterocycles. The molecule has 0 aromatic carbocycles. The van der Waals surface area contributed by atoms with Crippen molar-refractivity contribution >= 4 is 17.6 Å². The molecule has 7 nitrogen and oxygen atoms in total. The van der Waals surface area contributed by atoms with E-state index in [2.05, 4.69) is 20.8 Å². The number of hydrogen-bond acceptors (Lipinski definition) is 4. The van der Waals surface area contributed by atoms with Gasteiger partial charge in [0.05, 0.1) is 6.10 Å². The first-order chi connectivity index (χ1) is 10.3. The second-order valence-corrected chi connectivity index (χ2v) is 6.44. The van der Waals surface area contributed by atoms with Crippen LogP contribution in [0, 0.1) is 11.3 Å². The van der Waals surface area contributed by atoms with Gasteiger partial charge in [-0.25, -0.2) is 4.79 Å². The molecule has 0 radical (unpaired) electrons. The lowest BCUT2D eigenvalue weighted by molar-refractivity contribution is 0.0154. The van der Waals surface area contributed by atoms with Crippen LogP contribution in [0.25, 0.3) is 5.65 Å². The van der Waals surface area contributed by atoms with Crippen LogP contribution in [0.3, 0.4) is 0 Å². The van der Waals surface area contributed by atoms with Crippen molar-refractivity contribution in [1.29, 1.82) is 0 Å². The van der Waals surface area contributed by atoms with Crippen molar-refractivity contribution in [3.05, 3.63) is 24.4 Å². The van der Waals surface area contributed by atoms with Crippen LogP contribution in [0.15, 0.2) is 24.4 Å². The lowest BCUT2D eigenvalue weighted by atomic mass is 9.81. The lowest BCUT2D eigenvalue weighted by Gasteiger charge is -2.33. The predicted molar refractivity (Wildman–Crippen MR) is 84.6 cm³/mol. The van der Waals surface area contributed by atoms with Crippen LogP contribution < -0.4 is 10.6 Å². The van der Waals surface area contributed by atoms with Crippen molar-refractivity contribution in [3.8, 4) is 0 Å². The first kappa shape index (κ1) is 16.2. The number of aliphatic hydroxyl groups is 1. The van der Waals surface area contributed by atoms with E-state index in [0.29, 0.717) is 18.1 Å². The smallest absolute Gasteiger partial charge is 0.321 e. The molecule has 1 unspecified atom stereocenters. The number of amides is 2. The second kappa shape index (κ2) is 6.31. The van der Waals surface area contributed by atoms with Gasteiger partial charge in [-0.2, -0.15) is 0 Å². The number of carbonyl (C=O) groups excluding carboxylic acids is 1. The molecule has 2 amide bonds. The summed E-state index contributed by atoms with van der Waals surface area (Å²) in [6.45, 7) is 8.10. The second-order valence-electron chi connectivity index (χ2n) is 6.44. The standard InChI is InChI=1S/C15H23N5O2/c1-10(2)12(21)15(3,4)9-16-14(22)17-13-19-18-11-7-5-6-8-20(11)13/h5-8,10,12,21H,9H2,1-4H3,(H2,16,17,19,22). The fourth-order valence-electron chi connectivity index (χ4n) is 2.39. The monoisotopic (exact) mass is 305 g/mol. The van der Waals surface area contributed by atoms with E-state index in [9.17, 15) is 9.90 Å². The van der Waals surface area contributed by atoms with E-state index in [-0.39, 0.29) is 11.9 Å². The molecule has 0 bridgehead atoms. The molecule has 0 fully saturated rings. The molecule has 0 spiro atoms. The summed E-state index contributed by atoms with van der Waals surface area (Å²) in [5, 5.41) is 23.5. The Morgan fingerprint density at radius 2 is 2.09 bits per heavy atom. The van der Waals surface area contributed by atoms with E-state index in [1.807, 2.05) is 39.8 Å². The Morgan fingerprint density at radius 3 is 2.77 bits per heavy atom. The summed E-state index contributed by atoms with van der Waals surface area (Å²) >= 11 is 0. The van der Waals surface area contributed by atoms with Crippen molar-refractivity contribution in [2.75, 3.05) is 11.9 Å². The van der Waals surface area contributed by atoms with Gasteiger partial charge in [-0.05, 0) is 18.1 Å². The van der Waals surface area contributed by atoms with Gasteiger partial charge >= 0.3 is 6.03 Å². The number of aromatic nitrogens is 3. The molecule has 0 saturated carbocycles. The van der Waals surface area contributed by atoms with Crippen molar-refractivity contribution < 1.29 is 9.90 Å². The summed E-state index contributed by atoms with van der Waals surface area (Å²) in [5.74, 6) is 0.482. The van der Waals surface area contributed by atoms with Crippen LogP contribution in [0.5, 0.6) is 0 Å². The quantitative estimate of drug-likeness (QED) is 0.786. The number of nitrogens with one attached hydrogen (secondary N) is 2. The van der Waals surface area contributed by atoms with E-state index >= 15 is 0 Å². The van der Waals surface area contributed by atoms with Crippen LogP contribution in [-0.2, 0) is 0 Å². The lowest BCUT2D eigenvalue weighted by Crippen LogP contribution is -2.44. The van der Waals surface area contributed by atoms with E-state index < -0.39 is 11.5 Å². The largest absolute Gasteiger partial charge is 0.392 e. The number of hydrogen-bond donors (Lipinski definition) is 3. The highest BCUT2D eigenvalue weighted by Gasteiger charge is 2.30. The maximum absolute atomic E-state index is 12.0. The molecular weight excluding hydrogens is 282 g/mol. The van der Waals surface area contributed by atoms with Crippen molar-refractivity contribution in [2.45, 2.75) is 33.8 Å². The van der Waals surface area contributed by atoms with Crippen LogP contribution in [0.1, 0.15) is 27.7 Å². The fraction of sp³-hybridized carbons (Fsp3) is 0.533. The Labute approximate surface area is 129 Å². The van der Waals surface area contributed by atoms with Gasteiger partial charge in [0.25, 0.3) is 0 Å². The van der Waals surface area contributed by atoms with Crippen molar-refractivity contribution in [1.82, 2.24) is 19.9 Å². The molecule has 22 heavy (non-hydrogen) atoms. The number of aliphatic hydroxyl groups excluding tert-OH is 1. The Hall–Kier alpha value is -2.15. The highest BCUT2D eigenvalue weighted by Crippen LogP contribution is 2.25. The summed E-state index contributed by atoms with van der Waals surface area (Å²) < 4.78 is 1.69. The first-order valence-corrected chi connectivity index (χ1v) is 7.34. The van der Waals surface area contributed by atoms with Gasteiger partial charge in [-0.15, -0.1) is 10.2 Å². The third kappa shape index (κ3) is 3.54. The molecule has 2 aromatic heterocycles. The average molecular weight is 305 g/mol. The number of carbonyl (C=O) groups is 1. The number of nitrogens with zero attached hydrogens (tertiary/aromatic N) is 3. The van der Waals surface area contributed by atoms with Gasteiger partial charge in [0.2, 0.25) is 5.95 Å². The Balaban J connectivity index is 1.96. The molecule has 0 aliphatic carbocycles. The van der Waals surface area contributed by atoms with Crippen LogP contribution >= 0.6 is 0 Å². The van der Waals surface area contributed by atoms with E-state index in [0.717, 1.165) is 0 Å². The average Bonchev–Trinajstić information content (AvgIpc) is 2.88. The Bertz CT molecular complexity index is 650. The molecule has 0 aliphatic heterocycles. The maximum Gasteiger partial charge on any atom is 0.321 e. The molecular formula is C15H23N5O2. The molecule has 2 rings (SSSR count). The number of rotatable bonds is 5. The highest BCUT2D eigenvalue weighted by atomic mass is 16.3. The van der Waals surface area contributed by atoms with Gasteiger partial charge < -0.3 is 10.4 Å². The van der Waals surface area contributed by atoms with Crippen molar-refractivity contribution in [2.24, 2.45) is 11.3 Å². The molecule has 120 valence electrons. The molecule has 0 saturated heterocycles. The normalized spacial score (nSPS) is 13.4. The van der Waals surface area contributed by atoms with Crippen molar-refractivity contribution in [3.63, 3.8) is 0 Å². The minimum atomic E-state index is -0.498. The number of pyridine rings is 1. The van der Waals surface area contributed by atoms with Gasteiger partial charge in [0.15, 0.2) is 5.65 Å². The van der Waals surface area contributed by atoms with E-state index in [1.165, 1.54) is 0 Å². The zero-order valence-electron chi connectivity index (χ0n) is 13.4. The predicted octanol–water partition coefficient (Wildman–Crippen LogP) is 1.89. The van der Waals surface area contributed by atoms with Crippen LogP contribution in [0.4, 0.5) is 10.7 Å². The first-order valence-electron chi connectivity index (χ1n) is 7.34. The van der Waals surface area contributed by atoms with Gasteiger partial charge in [0, 0.05) is 18.2 Å². The molecule has 3 N–H and O–H groups in total. The zero-order valence-corrected chi connectivity index (χ0v) is 13.4. The summed E-state index contributed by atoms with van der Waals surface area (Å²) in [5.41, 5.74) is 0.242. The minimum Gasteiger partial charge on any atom is -0.392 e. The number of anilines is 1. The van der Waals surface area contributed by atoms with Crippen LogP contribution in [0.2, 0.25) is 0 Å².